The Kier molecular flexibility index (Phi) is 3.36. The number of hydrogen-bond acceptors (Lipinski definition) is 4. The molecule has 1 aromatic rings. The molecule has 1 heterocycles. The third-order valence-electron chi connectivity index (χ3n) is 2.89. The molecule has 0 aromatic carbocycles. The van der Waals surface area contributed by atoms with E-state index in [2.05, 4.69) is 16.6 Å². The van der Waals surface area contributed by atoms with Crippen molar-refractivity contribution in [3.05, 3.63) is 18.3 Å². The summed E-state index contributed by atoms with van der Waals surface area (Å²) >= 11 is 1.95. The number of nitrogens with one attached hydrogen (secondary N) is 1. The lowest BCUT2D eigenvalue weighted by molar-refractivity contribution is 0.768. The van der Waals surface area contributed by atoms with E-state index in [-0.39, 0.29) is 0 Å². The van der Waals surface area contributed by atoms with Crippen molar-refractivity contribution in [2.24, 2.45) is 0 Å². The van der Waals surface area contributed by atoms with E-state index < -0.39 is 0 Å². The molecule has 3 N–H and O–H groups in total. The molecule has 0 bridgehead atoms. The summed E-state index contributed by atoms with van der Waals surface area (Å²) in [5, 5.41) is 4.28. The molecule has 3 nitrogen and oxygen atoms in total. The minimum absolute atomic E-state index is 0.582. The van der Waals surface area contributed by atoms with Gasteiger partial charge in [-0.1, -0.05) is 6.42 Å². The van der Waals surface area contributed by atoms with Gasteiger partial charge in [-0.25, -0.2) is 4.98 Å². The molecule has 2 unspecified atom stereocenters. The van der Waals surface area contributed by atoms with Crippen LogP contribution in [0.5, 0.6) is 0 Å². The van der Waals surface area contributed by atoms with Gasteiger partial charge in [0.05, 0.1) is 0 Å². The molecule has 15 heavy (non-hydrogen) atoms. The molecule has 82 valence electrons. The largest absolute Gasteiger partial charge is 0.384 e. The molecule has 0 saturated heterocycles. The molecule has 1 saturated carbocycles. The number of nitrogens with two attached hydrogens (primary N) is 1. The third kappa shape index (κ3) is 2.56. The minimum Gasteiger partial charge on any atom is -0.384 e. The summed E-state index contributed by atoms with van der Waals surface area (Å²) in [4.78, 5) is 3.99. The Labute approximate surface area is 94.8 Å². The number of aromatic nitrogens is 1. The number of pyridine rings is 1. The van der Waals surface area contributed by atoms with Gasteiger partial charge in [0, 0.05) is 29.2 Å². The van der Waals surface area contributed by atoms with Crippen molar-refractivity contribution in [3.63, 3.8) is 0 Å². The van der Waals surface area contributed by atoms with Gasteiger partial charge in [-0.05, 0) is 25.2 Å². The Hall–Kier alpha value is -0.900. The van der Waals surface area contributed by atoms with Crippen LogP contribution in [0, 0.1) is 0 Å². The molecule has 0 spiro atoms. The van der Waals surface area contributed by atoms with E-state index in [1.165, 1.54) is 19.3 Å². The smallest absolute Gasteiger partial charge is 0.125 e. The van der Waals surface area contributed by atoms with Crippen LogP contribution in [0.25, 0.3) is 0 Å². The lowest BCUT2D eigenvalue weighted by atomic mass is 10.2. The number of hydrogen-bond donors (Lipinski definition) is 2. The molecule has 0 radical (unpaired) electrons. The van der Waals surface area contributed by atoms with Crippen molar-refractivity contribution in [3.8, 4) is 0 Å². The zero-order valence-corrected chi connectivity index (χ0v) is 9.76. The Balaban J connectivity index is 2.02. The van der Waals surface area contributed by atoms with Gasteiger partial charge in [0.1, 0.15) is 5.82 Å². The normalized spacial score (nSPS) is 25.4. The summed E-state index contributed by atoms with van der Waals surface area (Å²) in [6.07, 6.45) is 7.84. The van der Waals surface area contributed by atoms with Gasteiger partial charge >= 0.3 is 0 Å². The van der Waals surface area contributed by atoms with Gasteiger partial charge in [0.15, 0.2) is 0 Å². The van der Waals surface area contributed by atoms with Crippen LogP contribution in [0.15, 0.2) is 18.3 Å². The highest BCUT2D eigenvalue weighted by atomic mass is 32.2. The number of thioether (sulfide) groups is 1. The van der Waals surface area contributed by atoms with E-state index in [0.29, 0.717) is 11.9 Å². The topological polar surface area (TPSA) is 50.9 Å². The molecule has 4 heteroatoms. The highest BCUT2D eigenvalue weighted by Gasteiger charge is 2.26. The van der Waals surface area contributed by atoms with Gasteiger partial charge in [0.25, 0.3) is 0 Å². The van der Waals surface area contributed by atoms with Crippen molar-refractivity contribution in [1.29, 1.82) is 0 Å². The Morgan fingerprint density at radius 1 is 1.53 bits per heavy atom. The van der Waals surface area contributed by atoms with Gasteiger partial charge in [-0.15, -0.1) is 0 Å². The van der Waals surface area contributed by atoms with Gasteiger partial charge in [0.2, 0.25) is 0 Å². The highest BCUT2D eigenvalue weighted by Crippen LogP contribution is 2.30. The van der Waals surface area contributed by atoms with Crippen LogP contribution in [-0.4, -0.2) is 22.5 Å². The first-order valence-corrected chi connectivity index (χ1v) is 6.59. The first kappa shape index (κ1) is 10.6. The van der Waals surface area contributed by atoms with Gasteiger partial charge in [-0.3, -0.25) is 0 Å². The van der Waals surface area contributed by atoms with E-state index in [0.717, 1.165) is 10.9 Å². The maximum Gasteiger partial charge on any atom is 0.125 e. The lowest BCUT2D eigenvalue weighted by Gasteiger charge is -2.20. The summed E-state index contributed by atoms with van der Waals surface area (Å²) < 4.78 is 0. The second-order valence-corrected chi connectivity index (χ2v) is 5.00. The molecule has 2 rings (SSSR count). The summed E-state index contributed by atoms with van der Waals surface area (Å²) in [5.41, 5.74) is 6.73. The van der Waals surface area contributed by atoms with Crippen LogP contribution in [0.4, 0.5) is 11.5 Å². The van der Waals surface area contributed by atoms with E-state index in [1.807, 2.05) is 23.9 Å². The monoisotopic (exact) mass is 223 g/mol. The molecule has 1 aliphatic carbocycles. The Morgan fingerprint density at radius 2 is 2.40 bits per heavy atom. The average Bonchev–Trinajstić information content (AvgIpc) is 2.65. The highest BCUT2D eigenvalue weighted by molar-refractivity contribution is 7.99. The minimum atomic E-state index is 0.582. The summed E-state index contributed by atoms with van der Waals surface area (Å²) in [5.74, 6) is 0.582. The van der Waals surface area contributed by atoms with Crippen molar-refractivity contribution < 1.29 is 0 Å². The molecule has 1 fully saturated rings. The van der Waals surface area contributed by atoms with E-state index in [4.69, 9.17) is 5.73 Å². The van der Waals surface area contributed by atoms with E-state index >= 15 is 0 Å². The van der Waals surface area contributed by atoms with Crippen LogP contribution >= 0.6 is 11.8 Å². The van der Waals surface area contributed by atoms with Crippen molar-refractivity contribution in [2.75, 3.05) is 17.3 Å². The summed E-state index contributed by atoms with van der Waals surface area (Å²) in [7, 11) is 0. The molecule has 1 aromatic heterocycles. The van der Waals surface area contributed by atoms with E-state index in [9.17, 15) is 0 Å². The number of nitrogens with zero attached hydrogens (tertiary/aromatic N) is 1. The van der Waals surface area contributed by atoms with Crippen LogP contribution in [0.1, 0.15) is 19.3 Å². The number of nitrogen functional groups attached to an aromatic ring is 1. The van der Waals surface area contributed by atoms with Crippen molar-refractivity contribution >= 4 is 23.3 Å². The van der Waals surface area contributed by atoms with Gasteiger partial charge < -0.3 is 11.1 Å². The maximum atomic E-state index is 5.64. The average molecular weight is 223 g/mol. The Morgan fingerprint density at radius 3 is 3.13 bits per heavy atom. The zero-order chi connectivity index (χ0) is 10.7. The first-order chi connectivity index (χ1) is 7.29. The Bertz CT molecular complexity index is 329. The maximum absolute atomic E-state index is 5.64. The zero-order valence-electron chi connectivity index (χ0n) is 8.94. The molecular weight excluding hydrogens is 206 g/mol. The SMILES string of the molecule is CSC1CCCC1Nc1ccnc(N)c1. The standard InChI is InChI=1S/C11H17N3S/c1-15-10-4-2-3-9(10)14-8-5-6-13-11(12)7-8/h5-7,9-10H,2-4H2,1H3,(H3,12,13,14). The van der Waals surface area contributed by atoms with Crippen LogP contribution < -0.4 is 11.1 Å². The molecule has 1 aliphatic rings. The molecule has 0 amide bonds. The van der Waals surface area contributed by atoms with Crippen LogP contribution in [0.2, 0.25) is 0 Å². The van der Waals surface area contributed by atoms with Crippen LogP contribution in [0.3, 0.4) is 0 Å². The quantitative estimate of drug-likeness (QED) is 0.826. The second kappa shape index (κ2) is 4.75. The summed E-state index contributed by atoms with van der Waals surface area (Å²) in [6, 6.07) is 4.46. The fourth-order valence-electron chi connectivity index (χ4n) is 2.13. The molecule has 2 atom stereocenters. The second-order valence-electron chi connectivity index (χ2n) is 3.93. The van der Waals surface area contributed by atoms with Crippen LogP contribution in [-0.2, 0) is 0 Å². The molecule has 0 aliphatic heterocycles. The number of rotatable bonds is 3. The number of anilines is 2. The van der Waals surface area contributed by atoms with Crippen molar-refractivity contribution in [2.45, 2.75) is 30.6 Å². The van der Waals surface area contributed by atoms with Crippen molar-refractivity contribution in [1.82, 2.24) is 4.98 Å². The first-order valence-electron chi connectivity index (χ1n) is 5.30. The van der Waals surface area contributed by atoms with E-state index in [1.54, 1.807) is 6.20 Å². The fraction of sp³-hybridized carbons (Fsp3) is 0.545. The molecular formula is C11H17N3S. The predicted molar refractivity (Wildman–Crippen MR) is 67.2 cm³/mol. The van der Waals surface area contributed by atoms with Gasteiger partial charge in [-0.2, -0.15) is 11.8 Å². The fourth-order valence-corrected chi connectivity index (χ4v) is 3.06. The lowest BCUT2D eigenvalue weighted by Crippen LogP contribution is -2.25. The predicted octanol–water partition coefficient (Wildman–Crippen LogP) is 2.36. The third-order valence-corrected chi connectivity index (χ3v) is 4.06. The summed E-state index contributed by atoms with van der Waals surface area (Å²) in [6.45, 7) is 0.